The molecule has 5 nitrogen and oxygen atoms in total. The van der Waals surface area contributed by atoms with Crippen LogP contribution in [0.5, 0.6) is 0 Å². The summed E-state index contributed by atoms with van der Waals surface area (Å²) in [4.78, 5) is 30.6. The first-order chi connectivity index (χ1) is 13.0. The maximum absolute atomic E-state index is 13.0. The summed E-state index contributed by atoms with van der Waals surface area (Å²) in [6.07, 6.45) is 0.145. The van der Waals surface area contributed by atoms with E-state index in [4.69, 9.17) is 11.6 Å². The van der Waals surface area contributed by atoms with E-state index in [1.165, 1.54) is 12.0 Å². The number of pyridine rings is 1. The Morgan fingerprint density at radius 1 is 1.11 bits per heavy atom. The first kappa shape index (κ1) is 18.9. The van der Waals surface area contributed by atoms with Crippen LogP contribution in [0.1, 0.15) is 16.8 Å². The average Bonchev–Trinajstić information content (AvgIpc) is 2.70. The highest BCUT2D eigenvalue weighted by Crippen LogP contribution is 2.26. The molecular formula is C21H19ClN2O3. The fourth-order valence-corrected chi connectivity index (χ4v) is 2.92. The van der Waals surface area contributed by atoms with Crippen LogP contribution in [0.4, 0.5) is 0 Å². The van der Waals surface area contributed by atoms with Gasteiger partial charge in [0, 0.05) is 29.6 Å². The molecule has 1 heterocycles. The van der Waals surface area contributed by atoms with Crippen molar-refractivity contribution in [3.05, 3.63) is 65.2 Å². The minimum absolute atomic E-state index is 0.145. The van der Waals surface area contributed by atoms with E-state index in [0.717, 1.165) is 16.5 Å². The smallest absolute Gasteiger partial charge is 0.307 e. The number of nitrogens with zero attached hydrogens (tertiary/aromatic N) is 2. The third-order valence-corrected chi connectivity index (χ3v) is 4.56. The van der Waals surface area contributed by atoms with Crippen molar-refractivity contribution in [3.8, 4) is 11.3 Å². The Bertz CT molecular complexity index is 986. The van der Waals surface area contributed by atoms with E-state index < -0.39 is 0 Å². The fourth-order valence-electron chi connectivity index (χ4n) is 2.79. The molecule has 0 bridgehead atoms. The topological polar surface area (TPSA) is 59.5 Å². The van der Waals surface area contributed by atoms with Gasteiger partial charge in [-0.2, -0.15) is 0 Å². The van der Waals surface area contributed by atoms with Gasteiger partial charge in [0.2, 0.25) is 0 Å². The Morgan fingerprint density at radius 3 is 2.52 bits per heavy atom. The molecule has 0 atom stereocenters. The number of carbonyl (C=O) groups excluding carboxylic acids is 2. The summed E-state index contributed by atoms with van der Waals surface area (Å²) in [5, 5.41) is 1.41. The highest BCUT2D eigenvalue weighted by atomic mass is 35.5. The van der Waals surface area contributed by atoms with Gasteiger partial charge in [-0.1, -0.05) is 41.9 Å². The van der Waals surface area contributed by atoms with Crippen molar-refractivity contribution in [2.45, 2.75) is 6.42 Å². The van der Waals surface area contributed by atoms with Gasteiger partial charge in [-0.25, -0.2) is 4.98 Å². The SMILES string of the molecule is COC(=O)CCN(C)C(=O)c1cc(-c2ccc(Cl)cc2)nc2ccccc12. The molecule has 138 valence electrons. The summed E-state index contributed by atoms with van der Waals surface area (Å²) in [6.45, 7) is 0.276. The summed E-state index contributed by atoms with van der Waals surface area (Å²) in [5.41, 5.74) is 2.83. The van der Waals surface area contributed by atoms with E-state index in [1.54, 1.807) is 25.2 Å². The number of para-hydroxylation sites is 1. The number of amides is 1. The van der Waals surface area contributed by atoms with Crippen molar-refractivity contribution in [2.24, 2.45) is 0 Å². The van der Waals surface area contributed by atoms with Crippen LogP contribution in [0.25, 0.3) is 22.2 Å². The predicted molar refractivity (Wildman–Crippen MR) is 106 cm³/mol. The maximum atomic E-state index is 13.0. The van der Waals surface area contributed by atoms with Gasteiger partial charge in [-0.15, -0.1) is 0 Å². The minimum atomic E-state index is -0.351. The number of benzene rings is 2. The largest absolute Gasteiger partial charge is 0.469 e. The molecule has 1 amide bonds. The molecular weight excluding hydrogens is 364 g/mol. The second-order valence-electron chi connectivity index (χ2n) is 6.13. The van der Waals surface area contributed by atoms with Crippen LogP contribution >= 0.6 is 11.6 Å². The van der Waals surface area contributed by atoms with Crippen LogP contribution in [-0.2, 0) is 9.53 Å². The fraction of sp³-hybridized carbons (Fsp3) is 0.190. The molecule has 0 radical (unpaired) electrons. The van der Waals surface area contributed by atoms with Crippen LogP contribution in [0.15, 0.2) is 54.6 Å². The molecule has 0 aliphatic carbocycles. The Hall–Kier alpha value is -2.92. The van der Waals surface area contributed by atoms with Gasteiger partial charge in [0.15, 0.2) is 0 Å². The summed E-state index contributed by atoms with van der Waals surface area (Å²) in [6, 6.07) is 16.6. The van der Waals surface area contributed by atoms with Gasteiger partial charge >= 0.3 is 5.97 Å². The van der Waals surface area contributed by atoms with Crippen LogP contribution in [0.3, 0.4) is 0 Å². The second kappa shape index (κ2) is 8.18. The van der Waals surface area contributed by atoms with E-state index in [1.807, 2.05) is 36.4 Å². The number of hydrogen-bond donors (Lipinski definition) is 0. The van der Waals surface area contributed by atoms with E-state index in [-0.39, 0.29) is 24.8 Å². The first-order valence-electron chi connectivity index (χ1n) is 8.47. The molecule has 27 heavy (non-hydrogen) atoms. The summed E-state index contributed by atoms with van der Waals surface area (Å²) in [7, 11) is 3.00. The molecule has 3 aromatic rings. The number of halogens is 1. The molecule has 2 aromatic carbocycles. The van der Waals surface area contributed by atoms with Crippen molar-refractivity contribution in [1.82, 2.24) is 9.88 Å². The zero-order valence-electron chi connectivity index (χ0n) is 15.1. The van der Waals surface area contributed by atoms with Crippen LogP contribution in [0.2, 0.25) is 5.02 Å². The number of rotatable bonds is 5. The van der Waals surface area contributed by atoms with Gasteiger partial charge in [0.05, 0.1) is 30.3 Å². The molecule has 0 N–H and O–H groups in total. The second-order valence-corrected chi connectivity index (χ2v) is 6.57. The average molecular weight is 383 g/mol. The normalized spacial score (nSPS) is 10.6. The summed E-state index contributed by atoms with van der Waals surface area (Å²) in [5.74, 6) is -0.524. The number of methoxy groups -OCH3 is 1. The monoisotopic (exact) mass is 382 g/mol. The van der Waals surface area contributed by atoms with Crippen molar-refractivity contribution in [2.75, 3.05) is 20.7 Å². The number of ether oxygens (including phenoxy) is 1. The third-order valence-electron chi connectivity index (χ3n) is 4.31. The molecule has 3 rings (SSSR count). The molecule has 0 spiro atoms. The lowest BCUT2D eigenvalue weighted by Gasteiger charge is -2.18. The van der Waals surface area contributed by atoms with Gasteiger partial charge < -0.3 is 9.64 Å². The number of esters is 1. The third kappa shape index (κ3) is 4.26. The molecule has 6 heteroatoms. The molecule has 0 fully saturated rings. The lowest BCUT2D eigenvalue weighted by atomic mass is 10.0. The molecule has 1 aromatic heterocycles. The van der Waals surface area contributed by atoms with Crippen LogP contribution < -0.4 is 0 Å². The molecule has 0 unspecified atom stereocenters. The molecule has 0 aliphatic rings. The van der Waals surface area contributed by atoms with Crippen LogP contribution in [0, 0.1) is 0 Å². The predicted octanol–water partition coefficient (Wildman–Crippen LogP) is 4.19. The quantitative estimate of drug-likeness (QED) is 0.621. The van der Waals surface area contributed by atoms with E-state index in [9.17, 15) is 9.59 Å². The molecule has 0 saturated heterocycles. The number of aromatic nitrogens is 1. The lowest BCUT2D eigenvalue weighted by Crippen LogP contribution is -2.29. The Labute approximate surface area is 162 Å². The Kier molecular flexibility index (Phi) is 5.72. The first-order valence-corrected chi connectivity index (χ1v) is 8.85. The standard InChI is InChI=1S/C21H19ClN2O3/c1-24(12-11-20(25)27-2)21(26)17-13-19(14-7-9-15(22)10-8-14)23-18-6-4-3-5-16(17)18/h3-10,13H,11-12H2,1-2H3. The number of hydrogen-bond acceptors (Lipinski definition) is 4. The van der Waals surface area contributed by atoms with Gasteiger partial charge in [0.25, 0.3) is 5.91 Å². The van der Waals surface area contributed by atoms with Crippen molar-refractivity contribution >= 4 is 34.4 Å². The van der Waals surface area contributed by atoms with Crippen LogP contribution in [-0.4, -0.2) is 42.5 Å². The molecule has 0 saturated carbocycles. The van der Waals surface area contributed by atoms with Crippen molar-refractivity contribution < 1.29 is 14.3 Å². The number of carbonyl (C=O) groups is 2. The van der Waals surface area contributed by atoms with E-state index in [2.05, 4.69) is 9.72 Å². The number of fused-ring (bicyclic) bond motifs is 1. The highest BCUT2D eigenvalue weighted by molar-refractivity contribution is 6.30. The zero-order chi connectivity index (χ0) is 19.4. The maximum Gasteiger partial charge on any atom is 0.307 e. The van der Waals surface area contributed by atoms with Gasteiger partial charge in [-0.05, 0) is 24.3 Å². The lowest BCUT2D eigenvalue weighted by molar-refractivity contribution is -0.140. The highest BCUT2D eigenvalue weighted by Gasteiger charge is 2.18. The van der Waals surface area contributed by atoms with E-state index >= 15 is 0 Å². The summed E-state index contributed by atoms with van der Waals surface area (Å²) < 4.78 is 4.65. The van der Waals surface area contributed by atoms with E-state index in [0.29, 0.717) is 16.3 Å². The van der Waals surface area contributed by atoms with Gasteiger partial charge in [-0.3, -0.25) is 9.59 Å². The Morgan fingerprint density at radius 2 is 1.81 bits per heavy atom. The zero-order valence-corrected chi connectivity index (χ0v) is 15.9. The van der Waals surface area contributed by atoms with Crippen molar-refractivity contribution in [3.63, 3.8) is 0 Å². The Balaban J connectivity index is 2.01. The molecule has 0 aliphatic heterocycles. The summed E-state index contributed by atoms with van der Waals surface area (Å²) >= 11 is 5.97. The van der Waals surface area contributed by atoms with Gasteiger partial charge in [0.1, 0.15) is 0 Å². The van der Waals surface area contributed by atoms with Crippen molar-refractivity contribution in [1.29, 1.82) is 0 Å². The minimum Gasteiger partial charge on any atom is -0.469 e.